The Balaban J connectivity index is 1.86. The number of aryl methyl sites for hydroxylation is 3. The highest BCUT2D eigenvalue weighted by atomic mass is 32.1. The summed E-state index contributed by atoms with van der Waals surface area (Å²) in [6, 6.07) is 8.64. The van der Waals surface area contributed by atoms with E-state index in [1.165, 1.54) is 10.3 Å². The average molecular weight is 286 g/mol. The standard InChI is InChI=1S/C16H18N2OS/c1-9-7-14(11(3)19-9)10(2)17-13-5-6-15-16(8-13)20-12(4)18-15/h5-8,10,17H,1-4H3. The van der Waals surface area contributed by atoms with Crippen LogP contribution in [0.1, 0.15) is 35.1 Å². The predicted octanol–water partition coefficient (Wildman–Crippen LogP) is 4.99. The van der Waals surface area contributed by atoms with Crippen LogP contribution in [0, 0.1) is 20.8 Å². The molecule has 0 spiro atoms. The first kappa shape index (κ1) is 13.2. The van der Waals surface area contributed by atoms with Crippen LogP contribution >= 0.6 is 11.3 Å². The number of fused-ring (bicyclic) bond motifs is 1. The molecule has 1 atom stereocenters. The van der Waals surface area contributed by atoms with Crippen LogP contribution in [-0.4, -0.2) is 4.98 Å². The van der Waals surface area contributed by atoms with Crippen LogP contribution in [0.15, 0.2) is 28.7 Å². The number of nitrogens with zero attached hydrogens (tertiary/aromatic N) is 1. The second-order valence-electron chi connectivity index (χ2n) is 5.15. The van der Waals surface area contributed by atoms with Crippen molar-refractivity contribution < 1.29 is 4.42 Å². The first-order valence-electron chi connectivity index (χ1n) is 6.73. The summed E-state index contributed by atoms with van der Waals surface area (Å²) in [6.45, 7) is 8.18. The number of rotatable bonds is 3. The molecule has 20 heavy (non-hydrogen) atoms. The van der Waals surface area contributed by atoms with Gasteiger partial charge in [0.25, 0.3) is 0 Å². The molecule has 0 fully saturated rings. The molecule has 0 aliphatic rings. The normalized spacial score (nSPS) is 12.8. The Bertz CT molecular complexity index is 757. The van der Waals surface area contributed by atoms with Crippen molar-refractivity contribution in [1.82, 2.24) is 4.98 Å². The van der Waals surface area contributed by atoms with E-state index < -0.39 is 0 Å². The molecule has 0 amide bonds. The molecule has 0 aliphatic carbocycles. The molecule has 0 saturated heterocycles. The quantitative estimate of drug-likeness (QED) is 0.737. The number of hydrogen-bond acceptors (Lipinski definition) is 4. The lowest BCUT2D eigenvalue weighted by Gasteiger charge is -2.14. The van der Waals surface area contributed by atoms with Crippen molar-refractivity contribution in [3.8, 4) is 0 Å². The molecule has 1 aromatic carbocycles. The molecule has 3 aromatic rings. The maximum absolute atomic E-state index is 5.60. The smallest absolute Gasteiger partial charge is 0.106 e. The molecule has 0 radical (unpaired) electrons. The summed E-state index contributed by atoms with van der Waals surface area (Å²) >= 11 is 1.73. The zero-order valence-electron chi connectivity index (χ0n) is 12.2. The van der Waals surface area contributed by atoms with Gasteiger partial charge in [-0.25, -0.2) is 4.98 Å². The third-order valence-corrected chi connectivity index (χ3v) is 4.36. The van der Waals surface area contributed by atoms with Crippen molar-refractivity contribution in [2.24, 2.45) is 0 Å². The second-order valence-corrected chi connectivity index (χ2v) is 6.38. The number of anilines is 1. The maximum Gasteiger partial charge on any atom is 0.106 e. The topological polar surface area (TPSA) is 38.1 Å². The van der Waals surface area contributed by atoms with E-state index in [1.54, 1.807) is 11.3 Å². The molecular formula is C16H18N2OS. The third-order valence-electron chi connectivity index (χ3n) is 3.42. The lowest BCUT2D eigenvalue weighted by atomic mass is 10.1. The van der Waals surface area contributed by atoms with Gasteiger partial charge >= 0.3 is 0 Å². The van der Waals surface area contributed by atoms with Gasteiger partial charge in [-0.05, 0) is 52.0 Å². The van der Waals surface area contributed by atoms with Crippen LogP contribution in [0.4, 0.5) is 5.69 Å². The fraction of sp³-hybridized carbons (Fsp3) is 0.312. The summed E-state index contributed by atoms with van der Waals surface area (Å²) in [5, 5.41) is 4.64. The molecule has 3 nitrogen and oxygen atoms in total. The first-order chi connectivity index (χ1) is 9.52. The van der Waals surface area contributed by atoms with Crippen LogP contribution in [-0.2, 0) is 0 Å². The van der Waals surface area contributed by atoms with Gasteiger partial charge in [0.15, 0.2) is 0 Å². The Kier molecular flexibility index (Phi) is 3.26. The minimum absolute atomic E-state index is 0.221. The van der Waals surface area contributed by atoms with E-state index in [4.69, 9.17) is 4.42 Å². The number of furan rings is 1. The molecule has 2 heterocycles. The molecule has 1 N–H and O–H groups in total. The summed E-state index contributed by atoms with van der Waals surface area (Å²) in [5.74, 6) is 1.94. The van der Waals surface area contributed by atoms with Crippen LogP contribution in [0.5, 0.6) is 0 Å². The minimum atomic E-state index is 0.221. The molecule has 3 rings (SSSR count). The molecule has 0 bridgehead atoms. The molecular weight excluding hydrogens is 268 g/mol. The fourth-order valence-electron chi connectivity index (χ4n) is 2.54. The van der Waals surface area contributed by atoms with E-state index in [-0.39, 0.29) is 6.04 Å². The lowest BCUT2D eigenvalue weighted by molar-refractivity contribution is 0.500. The van der Waals surface area contributed by atoms with Gasteiger partial charge in [0.1, 0.15) is 11.5 Å². The highest BCUT2D eigenvalue weighted by Gasteiger charge is 2.13. The van der Waals surface area contributed by atoms with Gasteiger partial charge in [-0.2, -0.15) is 0 Å². The van der Waals surface area contributed by atoms with E-state index in [2.05, 4.69) is 41.5 Å². The molecule has 4 heteroatoms. The predicted molar refractivity (Wildman–Crippen MR) is 84.6 cm³/mol. The second kappa shape index (κ2) is 4.94. The third kappa shape index (κ3) is 2.43. The van der Waals surface area contributed by atoms with Crippen molar-refractivity contribution in [3.63, 3.8) is 0 Å². The van der Waals surface area contributed by atoms with Gasteiger partial charge < -0.3 is 9.73 Å². The number of benzene rings is 1. The summed E-state index contributed by atoms with van der Waals surface area (Å²) in [4.78, 5) is 4.48. The van der Waals surface area contributed by atoms with Gasteiger partial charge in [0.05, 0.1) is 21.3 Å². The Morgan fingerprint density at radius 3 is 2.70 bits per heavy atom. The Labute approximate surface area is 122 Å². The van der Waals surface area contributed by atoms with E-state index in [0.717, 1.165) is 27.7 Å². The van der Waals surface area contributed by atoms with Crippen molar-refractivity contribution in [1.29, 1.82) is 0 Å². The average Bonchev–Trinajstić information content (AvgIpc) is 2.90. The zero-order chi connectivity index (χ0) is 14.3. The van der Waals surface area contributed by atoms with Crippen molar-refractivity contribution in [2.75, 3.05) is 5.32 Å². The number of aromatic nitrogens is 1. The van der Waals surface area contributed by atoms with Gasteiger partial charge in [-0.15, -0.1) is 11.3 Å². The molecule has 2 aromatic heterocycles. The molecule has 0 aliphatic heterocycles. The van der Waals surface area contributed by atoms with E-state index in [9.17, 15) is 0 Å². The monoisotopic (exact) mass is 286 g/mol. The lowest BCUT2D eigenvalue weighted by Crippen LogP contribution is -2.06. The fourth-order valence-corrected chi connectivity index (χ4v) is 3.40. The van der Waals surface area contributed by atoms with Gasteiger partial charge in [-0.3, -0.25) is 0 Å². The molecule has 0 saturated carbocycles. The Morgan fingerprint density at radius 2 is 2.00 bits per heavy atom. The minimum Gasteiger partial charge on any atom is -0.466 e. The van der Waals surface area contributed by atoms with Crippen LogP contribution in [0.25, 0.3) is 10.2 Å². The summed E-state index contributed by atoms with van der Waals surface area (Å²) < 4.78 is 6.82. The number of thiazole rings is 1. The number of hydrogen-bond donors (Lipinski definition) is 1. The molecule has 1 unspecified atom stereocenters. The largest absolute Gasteiger partial charge is 0.466 e. The first-order valence-corrected chi connectivity index (χ1v) is 7.55. The van der Waals surface area contributed by atoms with E-state index in [0.29, 0.717) is 0 Å². The Hall–Kier alpha value is -1.81. The summed E-state index contributed by atoms with van der Waals surface area (Å²) in [5.41, 5.74) is 3.40. The molecule has 104 valence electrons. The van der Waals surface area contributed by atoms with Crippen molar-refractivity contribution in [3.05, 3.63) is 46.4 Å². The zero-order valence-corrected chi connectivity index (χ0v) is 13.0. The highest BCUT2D eigenvalue weighted by Crippen LogP contribution is 2.28. The number of nitrogens with one attached hydrogen (secondary N) is 1. The van der Waals surface area contributed by atoms with Crippen LogP contribution in [0.2, 0.25) is 0 Å². The highest BCUT2D eigenvalue weighted by molar-refractivity contribution is 7.18. The van der Waals surface area contributed by atoms with Gasteiger partial charge in [0.2, 0.25) is 0 Å². The summed E-state index contributed by atoms with van der Waals surface area (Å²) in [6.07, 6.45) is 0. The van der Waals surface area contributed by atoms with Gasteiger partial charge in [-0.1, -0.05) is 0 Å². The van der Waals surface area contributed by atoms with E-state index >= 15 is 0 Å². The maximum atomic E-state index is 5.60. The SMILES string of the molecule is Cc1cc(C(C)Nc2ccc3nc(C)sc3c2)c(C)o1. The van der Waals surface area contributed by atoms with E-state index in [1.807, 2.05) is 20.8 Å². The van der Waals surface area contributed by atoms with Gasteiger partial charge in [0, 0.05) is 11.3 Å². The Morgan fingerprint density at radius 1 is 1.20 bits per heavy atom. The summed E-state index contributed by atoms with van der Waals surface area (Å²) in [7, 11) is 0. The van der Waals surface area contributed by atoms with Crippen LogP contribution in [0.3, 0.4) is 0 Å². The van der Waals surface area contributed by atoms with Crippen molar-refractivity contribution >= 4 is 27.2 Å². The van der Waals surface area contributed by atoms with Crippen LogP contribution < -0.4 is 5.32 Å². The van der Waals surface area contributed by atoms with Crippen molar-refractivity contribution in [2.45, 2.75) is 33.7 Å².